The summed E-state index contributed by atoms with van der Waals surface area (Å²) < 4.78 is 1.80. The molecule has 2 amide bonds. The van der Waals surface area contributed by atoms with Gasteiger partial charge in [0.05, 0.1) is 33.7 Å². The van der Waals surface area contributed by atoms with Crippen LogP contribution in [-0.2, 0) is 15.3 Å². The third-order valence-corrected chi connectivity index (χ3v) is 8.87. The molecule has 1 aliphatic heterocycles. The summed E-state index contributed by atoms with van der Waals surface area (Å²) in [6, 6.07) is 12.2. The van der Waals surface area contributed by atoms with E-state index in [9.17, 15) is 19.5 Å². The van der Waals surface area contributed by atoms with Crippen molar-refractivity contribution in [3.05, 3.63) is 65.7 Å². The number of carbonyl (C=O) groups is 3. The summed E-state index contributed by atoms with van der Waals surface area (Å²) >= 11 is 3.08. The number of rotatable bonds is 5. The van der Waals surface area contributed by atoms with Gasteiger partial charge in [-0.15, -0.1) is 11.3 Å². The van der Waals surface area contributed by atoms with Crippen LogP contribution in [0.2, 0.25) is 0 Å². The summed E-state index contributed by atoms with van der Waals surface area (Å²) in [6.45, 7) is 0. The topological polar surface area (TPSA) is 90.4 Å². The first-order valence-electron chi connectivity index (χ1n) is 10.4. The van der Waals surface area contributed by atoms with Crippen LogP contribution in [0.25, 0.3) is 10.2 Å². The molecule has 3 aromatic rings. The molecule has 0 N–H and O–H groups in total. The molecule has 32 heavy (non-hydrogen) atoms. The minimum Gasteiger partial charge on any atom is -0.545 e. The number of thiazole rings is 1. The third kappa shape index (κ3) is 3.01. The fraction of sp³-hybridized carbons (Fsp3) is 0.250. The first kappa shape index (κ1) is 19.7. The van der Waals surface area contributed by atoms with Gasteiger partial charge in [-0.05, 0) is 47.6 Å². The van der Waals surface area contributed by atoms with Crippen molar-refractivity contribution in [3.63, 3.8) is 0 Å². The Labute approximate surface area is 191 Å². The van der Waals surface area contributed by atoms with Crippen LogP contribution in [0.1, 0.15) is 22.3 Å². The first-order valence-corrected chi connectivity index (χ1v) is 12.2. The normalized spacial score (nSPS) is 25.8. The number of allylic oxidation sites excluding steroid dienone is 2. The Morgan fingerprint density at radius 3 is 2.41 bits per heavy atom. The number of anilines is 1. The van der Waals surface area contributed by atoms with E-state index in [1.54, 1.807) is 30.0 Å². The highest BCUT2D eigenvalue weighted by Gasteiger charge is 2.59. The molecule has 0 spiro atoms. The van der Waals surface area contributed by atoms with Crippen LogP contribution in [-0.4, -0.2) is 22.8 Å². The third-order valence-electron chi connectivity index (χ3n) is 6.63. The summed E-state index contributed by atoms with van der Waals surface area (Å²) in [7, 11) is 0. The fourth-order valence-corrected chi connectivity index (χ4v) is 7.19. The van der Waals surface area contributed by atoms with Gasteiger partial charge in [-0.3, -0.25) is 9.59 Å². The average Bonchev–Trinajstić information content (AvgIpc) is 3.55. The van der Waals surface area contributed by atoms with E-state index >= 15 is 0 Å². The van der Waals surface area contributed by atoms with E-state index in [0.29, 0.717) is 11.4 Å². The number of aromatic carboxylic acids is 1. The van der Waals surface area contributed by atoms with Crippen molar-refractivity contribution in [1.82, 2.24) is 4.98 Å². The van der Waals surface area contributed by atoms with Crippen molar-refractivity contribution in [2.24, 2.45) is 23.7 Å². The number of benzene rings is 2. The lowest BCUT2D eigenvalue weighted by atomic mass is 9.85. The van der Waals surface area contributed by atoms with Gasteiger partial charge in [-0.25, -0.2) is 9.88 Å². The number of carboxylic acid groups (broad SMARTS) is 1. The van der Waals surface area contributed by atoms with Gasteiger partial charge in [0.1, 0.15) is 0 Å². The zero-order valence-electron chi connectivity index (χ0n) is 16.8. The van der Waals surface area contributed by atoms with Crippen molar-refractivity contribution >= 4 is 56.8 Å². The Morgan fingerprint density at radius 2 is 1.75 bits per heavy atom. The van der Waals surface area contributed by atoms with Gasteiger partial charge in [0.15, 0.2) is 4.34 Å². The van der Waals surface area contributed by atoms with Gasteiger partial charge in [-0.1, -0.05) is 48.2 Å². The maximum absolute atomic E-state index is 13.1. The van der Waals surface area contributed by atoms with E-state index in [4.69, 9.17) is 0 Å². The van der Waals surface area contributed by atoms with Gasteiger partial charge < -0.3 is 9.90 Å². The van der Waals surface area contributed by atoms with Crippen LogP contribution in [0.5, 0.6) is 0 Å². The molecule has 4 atom stereocenters. The zero-order chi connectivity index (χ0) is 22.0. The molecule has 1 aromatic heterocycles. The molecule has 0 radical (unpaired) electrons. The summed E-state index contributed by atoms with van der Waals surface area (Å²) in [4.78, 5) is 43.0. The Kier molecular flexibility index (Phi) is 4.48. The Hall–Kier alpha value is -2.97. The van der Waals surface area contributed by atoms with E-state index in [-0.39, 0.29) is 41.0 Å². The standard InChI is InChI=1S/C24H18N2O4S2/c27-21-19-14-5-6-15(9-14)20(19)22(28)26(21)16-7-8-17-18(10-16)32-24(25-17)31-11-12-1-3-13(4-2-12)23(29)30/h1-8,10,14-15,19-20H,9,11H2,(H,29,30)/p-1/t14-,15+,19-,20+. The summed E-state index contributed by atoms with van der Waals surface area (Å²) in [5, 5.41) is 10.9. The molecule has 1 saturated carbocycles. The first-order chi connectivity index (χ1) is 15.5. The molecule has 1 saturated heterocycles. The second kappa shape index (κ2) is 7.28. The highest BCUT2D eigenvalue weighted by molar-refractivity contribution is 8.00. The highest BCUT2D eigenvalue weighted by atomic mass is 32.2. The zero-order valence-corrected chi connectivity index (χ0v) is 18.4. The largest absolute Gasteiger partial charge is 0.545 e. The molecule has 6 rings (SSSR count). The quantitative estimate of drug-likeness (QED) is 0.329. The van der Waals surface area contributed by atoms with Crippen molar-refractivity contribution in [1.29, 1.82) is 0 Å². The number of imide groups is 1. The lowest BCUT2D eigenvalue weighted by molar-refractivity contribution is -0.255. The van der Waals surface area contributed by atoms with Crippen LogP contribution in [0.3, 0.4) is 0 Å². The lowest BCUT2D eigenvalue weighted by Crippen LogP contribution is -2.32. The Morgan fingerprint density at radius 1 is 1.06 bits per heavy atom. The van der Waals surface area contributed by atoms with Crippen LogP contribution in [0.4, 0.5) is 5.69 Å². The number of hydrogen-bond acceptors (Lipinski definition) is 7. The van der Waals surface area contributed by atoms with Gasteiger partial charge in [0, 0.05) is 5.75 Å². The number of thioether (sulfide) groups is 1. The van der Waals surface area contributed by atoms with Crippen LogP contribution >= 0.6 is 23.1 Å². The van der Waals surface area contributed by atoms with Crippen LogP contribution in [0, 0.1) is 23.7 Å². The molecule has 160 valence electrons. The lowest BCUT2D eigenvalue weighted by Gasteiger charge is -2.17. The number of carbonyl (C=O) groups excluding carboxylic acids is 3. The molecule has 3 aliphatic rings. The van der Waals surface area contributed by atoms with E-state index in [2.05, 4.69) is 17.1 Å². The molecule has 2 aromatic carbocycles. The Bertz CT molecular complexity index is 1280. The second-order valence-corrected chi connectivity index (χ2v) is 10.7. The molecule has 0 unspecified atom stereocenters. The van der Waals surface area contributed by atoms with Gasteiger partial charge in [0.2, 0.25) is 11.8 Å². The average molecular weight is 462 g/mol. The van der Waals surface area contributed by atoms with Gasteiger partial charge in [0.25, 0.3) is 0 Å². The van der Waals surface area contributed by atoms with Crippen molar-refractivity contribution in [2.45, 2.75) is 16.5 Å². The van der Waals surface area contributed by atoms with E-state index in [0.717, 1.165) is 26.5 Å². The molecule has 2 aliphatic carbocycles. The van der Waals surface area contributed by atoms with Gasteiger partial charge >= 0.3 is 0 Å². The number of hydrogen-bond donors (Lipinski definition) is 0. The molecule has 2 bridgehead atoms. The Balaban J connectivity index is 1.21. The maximum Gasteiger partial charge on any atom is 0.238 e. The van der Waals surface area contributed by atoms with E-state index in [1.807, 2.05) is 12.1 Å². The fourth-order valence-electron chi connectivity index (χ4n) is 5.13. The van der Waals surface area contributed by atoms with E-state index in [1.165, 1.54) is 28.4 Å². The predicted octanol–water partition coefficient (Wildman–Crippen LogP) is 3.26. The van der Waals surface area contributed by atoms with Crippen molar-refractivity contribution in [3.8, 4) is 0 Å². The van der Waals surface area contributed by atoms with Crippen LogP contribution in [0.15, 0.2) is 59.0 Å². The number of amides is 2. The minimum atomic E-state index is -1.19. The molecule has 2 fully saturated rings. The number of aromatic nitrogens is 1. The SMILES string of the molecule is O=C([O-])c1ccc(CSc2nc3ccc(N4C(=O)[C@@H]5[C@H](C4=O)[C@@H]4C=C[C@H]5C4)cc3s2)cc1. The molecular formula is C24H17N2O4S2-. The van der Waals surface area contributed by atoms with Crippen molar-refractivity contribution in [2.75, 3.05) is 4.90 Å². The monoisotopic (exact) mass is 461 g/mol. The maximum atomic E-state index is 13.1. The summed E-state index contributed by atoms with van der Waals surface area (Å²) in [5.74, 6) is -0.695. The number of fused-ring (bicyclic) bond motifs is 6. The highest BCUT2D eigenvalue weighted by Crippen LogP contribution is 2.53. The van der Waals surface area contributed by atoms with Crippen molar-refractivity contribution < 1.29 is 19.5 Å². The smallest absolute Gasteiger partial charge is 0.238 e. The predicted molar refractivity (Wildman–Crippen MR) is 120 cm³/mol. The number of nitrogens with zero attached hydrogens (tertiary/aromatic N) is 2. The summed E-state index contributed by atoms with van der Waals surface area (Å²) in [6.07, 6.45) is 5.12. The van der Waals surface area contributed by atoms with Gasteiger partial charge in [-0.2, -0.15) is 0 Å². The molecule has 8 heteroatoms. The molecular weight excluding hydrogens is 444 g/mol. The van der Waals surface area contributed by atoms with E-state index < -0.39 is 5.97 Å². The molecule has 6 nitrogen and oxygen atoms in total. The number of carboxylic acids is 1. The van der Waals surface area contributed by atoms with Crippen LogP contribution < -0.4 is 10.0 Å². The minimum absolute atomic E-state index is 0.0738. The summed E-state index contributed by atoms with van der Waals surface area (Å²) in [5.41, 5.74) is 2.60. The second-order valence-electron chi connectivity index (χ2n) is 8.42. The molecule has 2 heterocycles.